The number of benzene rings is 3. The van der Waals surface area contributed by atoms with Crippen molar-refractivity contribution in [2.45, 2.75) is 19.8 Å². The van der Waals surface area contributed by atoms with Crippen LogP contribution in [0.15, 0.2) is 78.4 Å². The first kappa shape index (κ1) is 20.0. The second-order valence-electron chi connectivity index (χ2n) is 6.68. The molecule has 0 fully saturated rings. The Morgan fingerprint density at radius 3 is 2.28 bits per heavy atom. The van der Waals surface area contributed by atoms with E-state index in [1.165, 1.54) is 11.6 Å². The van der Waals surface area contributed by atoms with Gasteiger partial charge in [0.25, 0.3) is 5.91 Å². The Hall–Kier alpha value is -3.71. The van der Waals surface area contributed by atoms with Crippen molar-refractivity contribution in [3.8, 4) is 6.07 Å². The minimum Gasteiger partial charge on any atom is -0.321 e. The van der Waals surface area contributed by atoms with Crippen LogP contribution < -0.4 is 5.32 Å². The molecule has 0 saturated heterocycles. The van der Waals surface area contributed by atoms with Gasteiger partial charge >= 0.3 is 0 Å². The van der Waals surface area contributed by atoms with Crippen LogP contribution in [0.4, 0.5) is 10.1 Å². The van der Waals surface area contributed by atoms with Gasteiger partial charge in [-0.1, -0.05) is 61.5 Å². The number of hydrogen-bond acceptors (Lipinski definition) is 2. The molecule has 0 aliphatic rings. The van der Waals surface area contributed by atoms with Crippen molar-refractivity contribution < 1.29 is 9.18 Å². The number of halogens is 1. The van der Waals surface area contributed by atoms with E-state index in [0.29, 0.717) is 17.7 Å². The fourth-order valence-electron chi connectivity index (χ4n) is 2.93. The van der Waals surface area contributed by atoms with E-state index in [4.69, 9.17) is 0 Å². The highest BCUT2D eigenvalue weighted by Crippen LogP contribution is 2.16. The van der Waals surface area contributed by atoms with Crippen molar-refractivity contribution in [1.29, 1.82) is 5.26 Å². The minimum absolute atomic E-state index is 0.0198. The average Bonchev–Trinajstić information content (AvgIpc) is 2.75. The van der Waals surface area contributed by atoms with Gasteiger partial charge in [-0.3, -0.25) is 4.79 Å². The predicted octanol–water partition coefficient (Wildman–Crippen LogP) is 5.52. The molecule has 3 nitrogen and oxygen atoms in total. The molecule has 0 radical (unpaired) electrons. The van der Waals surface area contributed by atoms with Crippen molar-refractivity contribution in [3.05, 3.63) is 106 Å². The zero-order valence-electron chi connectivity index (χ0n) is 16.2. The molecule has 0 aliphatic carbocycles. The van der Waals surface area contributed by atoms with E-state index in [1.54, 1.807) is 18.2 Å². The summed E-state index contributed by atoms with van der Waals surface area (Å²) in [6.45, 7) is 2.06. The van der Waals surface area contributed by atoms with Crippen LogP contribution in [0.5, 0.6) is 0 Å². The Labute approximate surface area is 170 Å². The number of anilines is 1. The number of aryl methyl sites for hydroxylation is 1. The molecular weight excluding hydrogens is 363 g/mol. The fourth-order valence-corrected chi connectivity index (χ4v) is 2.93. The van der Waals surface area contributed by atoms with Gasteiger partial charge in [0.15, 0.2) is 0 Å². The van der Waals surface area contributed by atoms with E-state index in [0.717, 1.165) is 17.5 Å². The van der Waals surface area contributed by atoms with Crippen molar-refractivity contribution in [1.82, 2.24) is 0 Å². The largest absolute Gasteiger partial charge is 0.321 e. The van der Waals surface area contributed by atoms with Gasteiger partial charge in [0.2, 0.25) is 0 Å². The van der Waals surface area contributed by atoms with Crippen molar-refractivity contribution in [3.63, 3.8) is 0 Å². The monoisotopic (exact) mass is 384 g/mol. The first-order chi connectivity index (χ1) is 14.1. The fraction of sp³-hybridized carbons (Fsp3) is 0.120. The third-order valence-electron chi connectivity index (χ3n) is 4.63. The first-order valence-electron chi connectivity index (χ1n) is 9.43. The molecule has 0 atom stereocenters. The number of nitrogens with one attached hydrogen (secondary N) is 1. The topological polar surface area (TPSA) is 52.9 Å². The number of nitriles is 1. The van der Waals surface area contributed by atoms with Gasteiger partial charge in [0, 0.05) is 12.1 Å². The van der Waals surface area contributed by atoms with Crippen LogP contribution in [0.2, 0.25) is 0 Å². The Bertz CT molecular complexity index is 1060. The maximum absolute atomic E-state index is 13.8. The van der Waals surface area contributed by atoms with Crippen LogP contribution in [0, 0.1) is 17.1 Å². The van der Waals surface area contributed by atoms with Crippen LogP contribution in [0.1, 0.15) is 29.2 Å². The first-order valence-corrected chi connectivity index (χ1v) is 9.43. The SMILES string of the molecule is CCc1ccc(NC(=O)/C(C#N)=C/c2ccc(Cc3ccccc3F)cc2)cc1. The Kier molecular flexibility index (Phi) is 6.55. The molecule has 0 aromatic heterocycles. The molecule has 0 heterocycles. The molecule has 1 amide bonds. The standard InChI is InChI=1S/C25H21FN2O/c1-2-18-11-13-23(14-12-18)28-25(29)22(17-27)16-20-9-7-19(8-10-20)15-21-5-3-4-6-24(21)26/h3-14,16H,2,15H2,1H3,(H,28,29)/b22-16+. The molecule has 3 aromatic carbocycles. The summed E-state index contributed by atoms with van der Waals surface area (Å²) in [6, 6.07) is 23.5. The summed E-state index contributed by atoms with van der Waals surface area (Å²) >= 11 is 0. The quantitative estimate of drug-likeness (QED) is 0.449. The maximum atomic E-state index is 13.8. The Balaban J connectivity index is 1.70. The third-order valence-corrected chi connectivity index (χ3v) is 4.63. The smallest absolute Gasteiger partial charge is 0.266 e. The highest BCUT2D eigenvalue weighted by atomic mass is 19.1. The number of rotatable bonds is 6. The molecule has 0 bridgehead atoms. The van der Waals surface area contributed by atoms with Crippen LogP contribution in [0.25, 0.3) is 6.08 Å². The number of nitrogens with zero attached hydrogens (tertiary/aromatic N) is 1. The van der Waals surface area contributed by atoms with Gasteiger partial charge < -0.3 is 5.32 Å². The van der Waals surface area contributed by atoms with Crippen molar-refractivity contribution in [2.75, 3.05) is 5.32 Å². The lowest BCUT2D eigenvalue weighted by Crippen LogP contribution is -2.13. The van der Waals surface area contributed by atoms with Crippen molar-refractivity contribution >= 4 is 17.7 Å². The van der Waals surface area contributed by atoms with E-state index in [1.807, 2.05) is 60.7 Å². The van der Waals surface area contributed by atoms with Crippen molar-refractivity contribution in [2.24, 2.45) is 0 Å². The highest BCUT2D eigenvalue weighted by Gasteiger charge is 2.10. The molecule has 144 valence electrons. The summed E-state index contributed by atoms with van der Waals surface area (Å²) in [4.78, 5) is 12.4. The number of carbonyl (C=O) groups excluding carboxylic acids is 1. The normalized spacial score (nSPS) is 11.0. The van der Waals surface area contributed by atoms with E-state index >= 15 is 0 Å². The number of amides is 1. The van der Waals surface area contributed by atoms with Gasteiger partial charge in [-0.25, -0.2) is 4.39 Å². The lowest BCUT2D eigenvalue weighted by atomic mass is 10.0. The van der Waals surface area contributed by atoms with Crippen LogP contribution in [0.3, 0.4) is 0 Å². The molecule has 3 rings (SSSR count). The average molecular weight is 384 g/mol. The van der Waals surface area contributed by atoms with Crippen LogP contribution in [-0.2, 0) is 17.6 Å². The van der Waals surface area contributed by atoms with Crippen LogP contribution in [-0.4, -0.2) is 5.91 Å². The molecule has 1 N–H and O–H groups in total. The minimum atomic E-state index is -0.452. The van der Waals surface area contributed by atoms with Gasteiger partial charge in [-0.15, -0.1) is 0 Å². The lowest BCUT2D eigenvalue weighted by Gasteiger charge is -2.06. The molecule has 3 aromatic rings. The van der Waals surface area contributed by atoms with Gasteiger partial charge in [-0.05, 0) is 52.9 Å². The van der Waals surface area contributed by atoms with Gasteiger partial charge in [0.1, 0.15) is 17.5 Å². The van der Waals surface area contributed by atoms with E-state index in [-0.39, 0.29) is 11.4 Å². The lowest BCUT2D eigenvalue weighted by molar-refractivity contribution is -0.112. The molecule has 4 heteroatoms. The number of carbonyl (C=O) groups is 1. The third kappa shape index (κ3) is 5.40. The Morgan fingerprint density at radius 2 is 1.66 bits per heavy atom. The van der Waals surface area contributed by atoms with E-state index < -0.39 is 5.91 Å². The summed E-state index contributed by atoms with van der Waals surface area (Å²) in [6.07, 6.45) is 2.95. The molecule has 0 unspecified atom stereocenters. The summed E-state index contributed by atoms with van der Waals surface area (Å²) in [7, 11) is 0. The van der Waals surface area contributed by atoms with E-state index in [9.17, 15) is 14.4 Å². The zero-order chi connectivity index (χ0) is 20.6. The molecule has 0 saturated carbocycles. The molecule has 0 spiro atoms. The molecule has 0 aliphatic heterocycles. The Morgan fingerprint density at radius 1 is 1.00 bits per heavy atom. The van der Waals surface area contributed by atoms with Gasteiger partial charge in [-0.2, -0.15) is 5.26 Å². The van der Waals surface area contributed by atoms with E-state index in [2.05, 4.69) is 12.2 Å². The zero-order valence-corrected chi connectivity index (χ0v) is 16.2. The summed E-state index contributed by atoms with van der Waals surface area (Å²) in [5.74, 6) is -0.681. The van der Waals surface area contributed by atoms with Crippen LogP contribution >= 0.6 is 0 Å². The second-order valence-corrected chi connectivity index (χ2v) is 6.68. The molecule has 29 heavy (non-hydrogen) atoms. The summed E-state index contributed by atoms with van der Waals surface area (Å²) in [5.41, 5.74) is 4.15. The molecular formula is C25H21FN2O. The number of hydrogen-bond donors (Lipinski definition) is 1. The summed E-state index contributed by atoms with van der Waals surface area (Å²) in [5, 5.41) is 12.1. The van der Waals surface area contributed by atoms with Gasteiger partial charge in [0.05, 0.1) is 0 Å². The summed E-state index contributed by atoms with van der Waals surface area (Å²) < 4.78 is 13.8. The predicted molar refractivity (Wildman–Crippen MR) is 114 cm³/mol. The maximum Gasteiger partial charge on any atom is 0.266 e. The highest BCUT2D eigenvalue weighted by molar-refractivity contribution is 6.09. The second kappa shape index (κ2) is 9.48.